The molecule has 0 aliphatic heterocycles. The summed E-state index contributed by atoms with van der Waals surface area (Å²) >= 11 is 5.65. The van der Waals surface area contributed by atoms with Crippen LogP contribution in [0.5, 0.6) is 0 Å². The zero-order valence-electron chi connectivity index (χ0n) is 10.0. The Morgan fingerprint density at radius 2 is 2.00 bits per heavy atom. The molecular weight excluding hydrogens is 247 g/mol. The van der Waals surface area contributed by atoms with Crippen molar-refractivity contribution in [3.05, 3.63) is 34.6 Å². The van der Waals surface area contributed by atoms with Gasteiger partial charge in [-0.1, -0.05) is 17.7 Å². The van der Waals surface area contributed by atoms with Gasteiger partial charge in [0.1, 0.15) is 11.4 Å². The summed E-state index contributed by atoms with van der Waals surface area (Å²) in [7, 11) is 2.84. The molecule has 17 heavy (non-hydrogen) atoms. The topological polar surface area (TPSA) is 38.7 Å². The van der Waals surface area contributed by atoms with Crippen molar-refractivity contribution < 1.29 is 19.0 Å². The van der Waals surface area contributed by atoms with Crippen LogP contribution < -0.4 is 0 Å². The number of hydrogen-bond acceptors (Lipinski definition) is 3. The van der Waals surface area contributed by atoms with E-state index in [0.29, 0.717) is 10.6 Å². The quantitative estimate of drug-likeness (QED) is 0.828. The largest absolute Gasteiger partial charge is 0.385 e. The predicted molar refractivity (Wildman–Crippen MR) is 63.5 cm³/mol. The van der Waals surface area contributed by atoms with E-state index in [0.717, 1.165) is 0 Å². The van der Waals surface area contributed by atoms with Crippen molar-refractivity contribution in [2.45, 2.75) is 25.2 Å². The highest BCUT2D eigenvalue weighted by atomic mass is 35.5. The Morgan fingerprint density at radius 3 is 2.47 bits per heavy atom. The Labute approximate surface area is 105 Å². The summed E-state index contributed by atoms with van der Waals surface area (Å²) in [5, 5.41) is 10.5. The molecule has 0 fully saturated rings. The van der Waals surface area contributed by atoms with Crippen LogP contribution in [0.25, 0.3) is 0 Å². The van der Waals surface area contributed by atoms with Gasteiger partial charge >= 0.3 is 0 Å². The lowest BCUT2D eigenvalue weighted by molar-refractivity contribution is -0.207. The Morgan fingerprint density at radius 1 is 1.41 bits per heavy atom. The van der Waals surface area contributed by atoms with Gasteiger partial charge in [-0.3, -0.25) is 0 Å². The van der Waals surface area contributed by atoms with E-state index in [2.05, 4.69) is 0 Å². The molecule has 0 aromatic heterocycles. The molecule has 5 heteroatoms. The van der Waals surface area contributed by atoms with E-state index in [4.69, 9.17) is 21.1 Å². The third-order valence-electron chi connectivity index (χ3n) is 2.50. The van der Waals surface area contributed by atoms with Crippen LogP contribution in [0.2, 0.25) is 5.02 Å². The fraction of sp³-hybridized carbons (Fsp3) is 0.500. The van der Waals surface area contributed by atoms with Gasteiger partial charge < -0.3 is 14.6 Å². The van der Waals surface area contributed by atoms with E-state index >= 15 is 0 Å². The summed E-state index contributed by atoms with van der Waals surface area (Å²) in [6.45, 7) is 1.53. The standard InChI is InChI=1S/C12H16ClFO3/c1-12(15,11(16-2)17-3)7-8-4-5-9(13)6-10(8)14/h4-6,11,15H,7H2,1-3H3. The summed E-state index contributed by atoms with van der Waals surface area (Å²) in [5.41, 5.74) is -0.962. The molecule has 1 rings (SSSR count). The van der Waals surface area contributed by atoms with Gasteiger partial charge in [-0.25, -0.2) is 4.39 Å². The van der Waals surface area contributed by atoms with Gasteiger partial charge in [-0.2, -0.15) is 0 Å². The SMILES string of the molecule is COC(OC)C(C)(O)Cc1ccc(Cl)cc1F. The summed E-state index contributed by atoms with van der Waals surface area (Å²) in [5.74, 6) is -0.455. The van der Waals surface area contributed by atoms with Gasteiger partial charge in [-0.15, -0.1) is 0 Å². The molecule has 1 aromatic rings. The van der Waals surface area contributed by atoms with Crippen molar-refractivity contribution in [2.75, 3.05) is 14.2 Å². The summed E-state index contributed by atoms with van der Waals surface area (Å²) in [6.07, 6.45) is -0.750. The molecule has 0 heterocycles. The van der Waals surface area contributed by atoms with Gasteiger partial charge in [-0.05, 0) is 24.6 Å². The van der Waals surface area contributed by atoms with Crippen LogP contribution in [0.4, 0.5) is 4.39 Å². The van der Waals surface area contributed by atoms with Crippen molar-refractivity contribution in [1.29, 1.82) is 0 Å². The molecule has 0 radical (unpaired) electrons. The van der Waals surface area contributed by atoms with Crippen molar-refractivity contribution in [3.8, 4) is 0 Å². The molecule has 1 N–H and O–H groups in total. The van der Waals surface area contributed by atoms with E-state index in [9.17, 15) is 9.50 Å². The van der Waals surface area contributed by atoms with Gasteiger partial charge in [0.25, 0.3) is 0 Å². The van der Waals surface area contributed by atoms with Gasteiger partial charge in [0.15, 0.2) is 6.29 Å². The van der Waals surface area contributed by atoms with Crippen molar-refractivity contribution in [3.63, 3.8) is 0 Å². The maximum atomic E-state index is 13.6. The minimum absolute atomic E-state index is 0.0718. The molecule has 96 valence electrons. The zero-order valence-corrected chi connectivity index (χ0v) is 10.8. The molecule has 0 aliphatic rings. The van der Waals surface area contributed by atoms with E-state index in [-0.39, 0.29) is 6.42 Å². The maximum Gasteiger partial charge on any atom is 0.185 e. The summed E-state index contributed by atoms with van der Waals surface area (Å²) < 4.78 is 23.5. The van der Waals surface area contributed by atoms with E-state index in [1.165, 1.54) is 33.3 Å². The predicted octanol–water partition coefficient (Wildman–Crippen LogP) is 2.39. The highest BCUT2D eigenvalue weighted by Gasteiger charge is 2.33. The number of halogens is 2. The average Bonchev–Trinajstić information content (AvgIpc) is 2.23. The first kappa shape index (κ1) is 14.4. The van der Waals surface area contributed by atoms with Crippen LogP contribution in [-0.4, -0.2) is 31.2 Å². The van der Waals surface area contributed by atoms with Crippen molar-refractivity contribution in [1.82, 2.24) is 0 Å². The normalized spacial score (nSPS) is 15.0. The van der Waals surface area contributed by atoms with Gasteiger partial charge in [0.2, 0.25) is 0 Å². The fourth-order valence-electron chi connectivity index (χ4n) is 1.74. The maximum absolute atomic E-state index is 13.6. The second-order valence-electron chi connectivity index (χ2n) is 4.07. The molecular formula is C12H16ClFO3. The lowest BCUT2D eigenvalue weighted by Crippen LogP contribution is -2.44. The fourth-order valence-corrected chi connectivity index (χ4v) is 1.90. The number of hydrogen-bond donors (Lipinski definition) is 1. The molecule has 0 saturated carbocycles. The Hall–Kier alpha value is -0.680. The first-order valence-electron chi connectivity index (χ1n) is 5.12. The molecule has 0 bridgehead atoms. The summed E-state index contributed by atoms with van der Waals surface area (Å²) in [4.78, 5) is 0. The number of methoxy groups -OCH3 is 2. The average molecular weight is 263 g/mol. The molecule has 0 saturated heterocycles. The third-order valence-corrected chi connectivity index (χ3v) is 2.73. The smallest absolute Gasteiger partial charge is 0.185 e. The molecule has 1 unspecified atom stereocenters. The Balaban J connectivity index is 2.89. The highest BCUT2D eigenvalue weighted by Crippen LogP contribution is 2.23. The van der Waals surface area contributed by atoms with Crippen LogP contribution in [-0.2, 0) is 15.9 Å². The molecule has 1 atom stereocenters. The summed E-state index contributed by atoms with van der Waals surface area (Å²) in [6, 6.07) is 4.32. The van der Waals surface area contributed by atoms with E-state index < -0.39 is 17.7 Å². The lowest BCUT2D eigenvalue weighted by Gasteiger charge is -2.30. The minimum Gasteiger partial charge on any atom is -0.385 e. The Bertz CT molecular complexity index is 378. The highest BCUT2D eigenvalue weighted by molar-refractivity contribution is 6.30. The van der Waals surface area contributed by atoms with Crippen LogP contribution in [0, 0.1) is 5.82 Å². The third kappa shape index (κ3) is 3.64. The molecule has 0 aliphatic carbocycles. The van der Waals surface area contributed by atoms with Gasteiger partial charge in [0.05, 0.1) is 0 Å². The van der Waals surface area contributed by atoms with E-state index in [1.54, 1.807) is 6.07 Å². The monoisotopic (exact) mass is 262 g/mol. The first-order valence-corrected chi connectivity index (χ1v) is 5.50. The number of ether oxygens (including phenoxy) is 2. The first-order chi connectivity index (χ1) is 7.90. The van der Waals surface area contributed by atoms with Crippen LogP contribution >= 0.6 is 11.6 Å². The molecule has 3 nitrogen and oxygen atoms in total. The van der Waals surface area contributed by atoms with Crippen LogP contribution in [0.1, 0.15) is 12.5 Å². The number of rotatable bonds is 5. The van der Waals surface area contributed by atoms with Crippen LogP contribution in [0.15, 0.2) is 18.2 Å². The molecule has 0 spiro atoms. The molecule has 1 aromatic carbocycles. The Kier molecular flexibility index (Phi) is 4.89. The van der Waals surface area contributed by atoms with E-state index in [1.807, 2.05) is 0 Å². The van der Waals surface area contributed by atoms with Crippen molar-refractivity contribution in [2.24, 2.45) is 0 Å². The lowest BCUT2D eigenvalue weighted by atomic mass is 9.95. The van der Waals surface area contributed by atoms with Crippen LogP contribution in [0.3, 0.4) is 0 Å². The second-order valence-corrected chi connectivity index (χ2v) is 4.51. The number of aliphatic hydroxyl groups is 1. The van der Waals surface area contributed by atoms with Gasteiger partial charge in [0, 0.05) is 25.7 Å². The molecule has 0 amide bonds. The zero-order chi connectivity index (χ0) is 13.1. The van der Waals surface area contributed by atoms with Crippen molar-refractivity contribution >= 4 is 11.6 Å². The minimum atomic E-state index is -1.32. The number of benzene rings is 1. The second kappa shape index (κ2) is 5.78.